The zero-order chi connectivity index (χ0) is 42.8. The molecule has 0 radical (unpaired) electrons. The van der Waals surface area contributed by atoms with Gasteiger partial charge in [0.15, 0.2) is 17.5 Å². The molecule has 2 N–H and O–H groups in total. The third-order valence-electron chi connectivity index (χ3n) is 13.0. The van der Waals surface area contributed by atoms with Crippen LogP contribution < -0.4 is 4.78 Å². The molecule has 13 rings (SSSR count). The number of para-hydroxylation sites is 4. The van der Waals surface area contributed by atoms with Gasteiger partial charge in [-0.25, -0.2) is 15.0 Å². The maximum absolute atomic E-state index is 9.67. The van der Waals surface area contributed by atoms with E-state index in [2.05, 4.69) is 152 Å². The highest BCUT2D eigenvalue weighted by Crippen LogP contribution is 2.52. The van der Waals surface area contributed by atoms with Crippen molar-refractivity contribution in [1.82, 2.24) is 24.1 Å². The van der Waals surface area contributed by atoms with Crippen molar-refractivity contribution in [3.63, 3.8) is 0 Å². The maximum atomic E-state index is 9.67. The lowest BCUT2D eigenvalue weighted by Gasteiger charge is -2.32. The molecule has 0 saturated heterocycles. The molecular weight excluding hydrogens is 814 g/mol. The average molecular weight is 854 g/mol. The first-order valence-corrected chi connectivity index (χ1v) is 22.8. The van der Waals surface area contributed by atoms with E-state index < -0.39 is 7.12 Å². The summed E-state index contributed by atoms with van der Waals surface area (Å²) in [6.45, 7) is 9.10. The van der Waals surface area contributed by atoms with Crippen molar-refractivity contribution < 1.29 is 10.0 Å². The Labute approximate surface area is 372 Å². The molecule has 0 saturated carbocycles. The van der Waals surface area contributed by atoms with Gasteiger partial charge in [0, 0.05) is 58.0 Å². The van der Waals surface area contributed by atoms with E-state index in [1.807, 2.05) is 42.5 Å². The topological polar surface area (TPSA) is 89.0 Å². The molecule has 7 nitrogen and oxygen atoms in total. The molecule has 0 fully saturated rings. The number of hydrogen-bond acceptors (Lipinski definition) is 7. The van der Waals surface area contributed by atoms with Gasteiger partial charge in [0.1, 0.15) is 0 Å². The van der Waals surface area contributed by atoms with Crippen LogP contribution in [-0.2, 0) is 10.8 Å². The van der Waals surface area contributed by atoms with E-state index in [1.54, 1.807) is 11.3 Å². The minimum absolute atomic E-state index is 0.153. The highest BCUT2D eigenvalue weighted by atomic mass is 32.1. The van der Waals surface area contributed by atoms with Crippen LogP contribution in [0.25, 0.3) is 88.5 Å². The van der Waals surface area contributed by atoms with Crippen LogP contribution in [-0.4, -0.2) is 41.3 Å². The van der Waals surface area contributed by atoms with Crippen molar-refractivity contribution >= 4 is 78.2 Å². The largest absolute Gasteiger partial charge is 0.499 e. The fourth-order valence-corrected chi connectivity index (χ4v) is 12.3. The molecule has 0 bridgehead atoms. The number of aromatic nitrogens is 5. The molecule has 63 heavy (non-hydrogen) atoms. The van der Waals surface area contributed by atoms with Crippen LogP contribution in [0.4, 0.5) is 0 Å². The number of thiophene rings is 2. The second-order valence-electron chi connectivity index (χ2n) is 17.5. The Morgan fingerprint density at radius 3 is 1.40 bits per heavy atom. The molecule has 2 aliphatic rings. The molecule has 0 aliphatic carbocycles. The van der Waals surface area contributed by atoms with E-state index in [9.17, 15) is 10.0 Å². The van der Waals surface area contributed by atoms with Crippen molar-refractivity contribution in [2.75, 3.05) is 0 Å². The Hall–Kier alpha value is -6.69. The lowest BCUT2D eigenvalue weighted by Crippen LogP contribution is -2.26. The van der Waals surface area contributed by atoms with Crippen LogP contribution >= 0.6 is 22.7 Å². The van der Waals surface area contributed by atoms with Gasteiger partial charge in [-0.3, -0.25) is 0 Å². The summed E-state index contributed by atoms with van der Waals surface area (Å²) in [6.07, 6.45) is 0. The van der Waals surface area contributed by atoms with Crippen molar-refractivity contribution in [3.8, 4) is 44.9 Å². The van der Waals surface area contributed by atoms with Gasteiger partial charge < -0.3 is 19.2 Å². The SMILES string of the molecule is CC1(C)c2sc(-c3nc(-c4ccccc4)nc(-c4ccccc4)n3)cc2-n2c3ccccc3c3cccc1c32.CC1(C)c2sc(B(O)O)cc2-n2c3ccccc3c3cccc1c32. The fraction of sp³-hybridized carbons (Fsp3) is 0.113. The molecule has 6 aromatic carbocycles. The third kappa shape index (κ3) is 5.62. The Bertz CT molecular complexity index is 3560. The average Bonchev–Trinajstić information content (AvgIpc) is 4.11. The van der Waals surface area contributed by atoms with E-state index in [1.165, 1.54) is 76.0 Å². The summed E-state index contributed by atoms with van der Waals surface area (Å²) < 4.78 is 5.31. The monoisotopic (exact) mass is 853 g/mol. The van der Waals surface area contributed by atoms with Gasteiger partial charge >= 0.3 is 7.12 Å². The summed E-state index contributed by atoms with van der Waals surface area (Å²) in [7, 11) is -1.43. The highest BCUT2D eigenvalue weighted by Gasteiger charge is 2.39. The molecule has 0 amide bonds. The fourth-order valence-electron chi connectivity index (χ4n) is 9.96. The van der Waals surface area contributed by atoms with Crippen LogP contribution in [0, 0.1) is 0 Å². The predicted octanol–water partition coefficient (Wildman–Crippen LogP) is 11.8. The second kappa shape index (κ2) is 13.9. The minimum Gasteiger partial charge on any atom is -0.423 e. The molecule has 0 atom stereocenters. The Morgan fingerprint density at radius 2 is 0.889 bits per heavy atom. The molecule has 5 aromatic heterocycles. The summed E-state index contributed by atoms with van der Waals surface area (Å²) in [5.74, 6) is 2.07. The Kier molecular flexibility index (Phi) is 8.40. The molecule has 0 spiro atoms. The van der Waals surface area contributed by atoms with E-state index in [0.29, 0.717) is 22.2 Å². The second-order valence-corrected chi connectivity index (χ2v) is 19.6. The van der Waals surface area contributed by atoms with Gasteiger partial charge in [-0.2, -0.15) is 0 Å². The van der Waals surface area contributed by atoms with Crippen LogP contribution in [0.15, 0.2) is 158 Å². The van der Waals surface area contributed by atoms with Crippen LogP contribution in [0.2, 0.25) is 0 Å². The summed E-state index contributed by atoms with van der Waals surface area (Å²) in [5, 5.41) is 24.4. The van der Waals surface area contributed by atoms with Gasteiger partial charge in [-0.15, -0.1) is 22.7 Å². The number of fused-ring (bicyclic) bond motifs is 10. The van der Waals surface area contributed by atoms with Gasteiger partial charge in [-0.1, -0.05) is 161 Å². The first-order valence-electron chi connectivity index (χ1n) is 21.2. The van der Waals surface area contributed by atoms with Gasteiger partial charge in [0.25, 0.3) is 0 Å². The van der Waals surface area contributed by atoms with E-state index >= 15 is 0 Å². The third-order valence-corrected chi connectivity index (χ3v) is 15.9. The van der Waals surface area contributed by atoms with E-state index in [0.717, 1.165) is 27.2 Å². The van der Waals surface area contributed by atoms with Crippen molar-refractivity contribution in [1.29, 1.82) is 0 Å². The molecule has 304 valence electrons. The number of rotatable bonds is 4. The quantitative estimate of drug-likeness (QED) is 0.172. The van der Waals surface area contributed by atoms with Crippen molar-refractivity contribution in [3.05, 3.63) is 179 Å². The molecule has 10 heteroatoms. The van der Waals surface area contributed by atoms with Crippen molar-refractivity contribution in [2.24, 2.45) is 0 Å². The lowest BCUT2D eigenvalue weighted by molar-refractivity contribution is 0.427. The molecular formula is C53H40BN5O2S2. The van der Waals surface area contributed by atoms with E-state index in [4.69, 9.17) is 15.0 Å². The smallest absolute Gasteiger partial charge is 0.423 e. The first-order chi connectivity index (χ1) is 30.6. The lowest BCUT2D eigenvalue weighted by atomic mass is 9.79. The summed E-state index contributed by atoms with van der Waals surface area (Å²) in [4.78, 5) is 18.5. The standard InChI is InChI=1S/C34H24N4S.C19H16BNO2S/c1-34(2)25-18-11-17-24-23-16-9-10-19-26(23)38(29(24)25)27-20-28(39-30(27)34)33-36-31(21-12-5-3-6-13-21)35-32(37-33)22-14-7-4-8-15-22;1-19(2)13-8-5-7-12-11-6-3-4-9-14(11)21(17(12)13)15-10-16(20(22)23)24-18(15)19/h3-20H,1-2H3;3-10,22-23H,1-2H3. The van der Waals surface area contributed by atoms with Crippen LogP contribution in [0.1, 0.15) is 48.6 Å². The van der Waals surface area contributed by atoms with Gasteiger partial charge in [0.2, 0.25) is 0 Å². The molecule has 0 unspecified atom stereocenters. The van der Waals surface area contributed by atoms with Crippen LogP contribution in [0.5, 0.6) is 0 Å². The summed E-state index contributed by atoms with van der Waals surface area (Å²) in [5.41, 5.74) is 11.5. The highest BCUT2D eigenvalue weighted by molar-refractivity contribution is 7.22. The molecule has 11 aromatic rings. The normalized spacial score (nSPS) is 14.1. The summed E-state index contributed by atoms with van der Waals surface area (Å²) >= 11 is 3.28. The minimum atomic E-state index is -1.43. The first kappa shape index (κ1) is 38.0. The number of hydrogen-bond donors (Lipinski definition) is 2. The summed E-state index contributed by atoms with van der Waals surface area (Å²) in [6, 6.07) is 54.8. The van der Waals surface area contributed by atoms with Gasteiger partial charge in [0.05, 0.1) is 38.3 Å². The van der Waals surface area contributed by atoms with Crippen LogP contribution in [0.3, 0.4) is 0 Å². The Balaban J connectivity index is 0.000000150. The zero-order valence-corrected chi connectivity index (χ0v) is 36.7. The van der Waals surface area contributed by atoms with Crippen molar-refractivity contribution in [2.45, 2.75) is 38.5 Å². The molecule has 2 aliphatic heterocycles. The predicted molar refractivity (Wildman–Crippen MR) is 261 cm³/mol. The number of benzene rings is 6. The molecule has 7 heterocycles. The zero-order valence-electron chi connectivity index (χ0n) is 35.0. The van der Waals surface area contributed by atoms with Gasteiger partial charge in [-0.05, 0) is 35.4 Å². The van der Waals surface area contributed by atoms with E-state index in [-0.39, 0.29) is 10.8 Å². The number of nitrogens with zero attached hydrogens (tertiary/aromatic N) is 5. The maximum Gasteiger partial charge on any atom is 0.499 e. The Morgan fingerprint density at radius 1 is 0.460 bits per heavy atom.